The summed E-state index contributed by atoms with van der Waals surface area (Å²) in [6.07, 6.45) is 1.89. The van der Waals surface area contributed by atoms with E-state index in [-0.39, 0.29) is 11.9 Å². The SMILES string of the molecule is CCOc1cc(/C=C2/SC(=Nc3ccccc3)N([C@@H](C)c3ccccc3)C2=O)cc(Br)c1OCc1ccc(Br)cc1. The molecular formula is C33H28Br2N2O3S. The third-order valence-electron chi connectivity index (χ3n) is 6.41. The average molecular weight is 692 g/mol. The lowest BCUT2D eigenvalue weighted by Gasteiger charge is -2.24. The number of para-hydroxylation sites is 1. The second kappa shape index (κ2) is 13.6. The van der Waals surface area contributed by atoms with Crippen molar-refractivity contribution in [1.29, 1.82) is 0 Å². The first kappa shape index (κ1) is 29.2. The van der Waals surface area contributed by atoms with Crippen LogP contribution in [0.5, 0.6) is 11.5 Å². The summed E-state index contributed by atoms with van der Waals surface area (Å²) in [6.45, 7) is 4.83. The fourth-order valence-corrected chi connectivity index (χ4v) is 6.27. The Labute approximate surface area is 261 Å². The summed E-state index contributed by atoms with van der Waals surface area (Å²) in [6, 6.07) is 31.4. The van der Waals surface area contributed by atoms with Gasteiger partial charge in [0.1, 0.15) is 6.61 Å². The molecule has 0 N–H and O–H groups in total. The van der Waals surface area contributed by atoms with E-state index >= 15 is 0 Å². The standard InChI is InChI=1S/C33H28Br2N2O3S/c1-3-39-29-19-24(18-28(35)31(29)40-21-23-14-16-26(34)17-15-23)20-30-32(38)37(22(2)25-10-6-4-7-11-25)33(41-30)36-27-12-8-5-9-13-27/h4-20,22H,3,21H2,1-2H3/b30-20+,36-33?/t22-/m0/s1. The molecule has 208 valence electrons. The molecule has 0 saturated carbocycles. The highest BCUT2D eigenvalue weighted by Gasteiger charge is 2.37. The van der Waals surface area contributed by atoms with Crippen LogP contribution in [0.1, 0.15) is 36.6 Å². The molecule has 1 aliphatic rings. The van der Waals surface area contributed by atoms with Crippen LogP contribution in [0, 0.1) is 0 Å². The fourth-order valence-electron chi connectivity index (χ4n) is 4.36. The normalized spacial score (nSPS) is 15.9. The van der Waals surface area contributed by atoms with Gasteiger partial charge in [-0.05, 0) is 101 Å². The van der Waals surface area contributed by atoms with Crippen molar-refractivity contribution >= 4 is 66.5 Å². The predicted octanol–water partition coefficient (Wildman–Crippen LogP) is 9.55. The largest absolute Gasteiger partial charge is 0.490 e. The van der Waals surface area contributed by atoms with Crippen LogP contribution in [0.4, 0.5) is 5.69 Å². The number of rotatable bonds is 9. The Bertz CT molecular complexity index is 1580. The number of thioether (sulfide) groups is 1. The summed E-state index contributed by atoms with van der Waals surface area (Å²) < 4.78 is 13.9. The van der Waals surface area contributed by atoms with E-state index in [2.05, 4.69) is 31.9 Å². The van der Waals surface area contributed by atoms with Crippen LogP contribution in [-0.4, -0.2) is 22.6 Å². The summed E-state index contributed by atoms with van der Waals surface area (Å²) in [5.41, 5.74) is 3.69. The van der Waals surface area contributed by atoms with Crippen molar-refractivity contribution in [3.63, 3.8) is 0 Å². The minimum absolute atomic E-state index is 0.0920. The maximum Gasteiger partial charge on any atom is 0.267 e. The average Bonchev–Trinajstić information content (AvgIpc) is 3.28. The van der Waals surface area contributed by atoms with Crippen molar-refractivity contribution < 1.29 is 14.3 Å². The number of aliphatic imine (C=N–C) groups is 1. The fraction of sp³-hybridized carbons (Fsp3) is 0.152. The van der Waals surface area contributed by atoms with Crippen LogP contribution < -0.4 is 9.47 Å². The molecular weight excluding hydrogens is 664 g/mol. The summed E-state index contributed by atoms with van der Waals surface area (Å²) in [5, 5.41) is 0.641. The molecule has 5 rings (SSSR count). The third kappa shape index (κ3) is 7.12. The molecule has 5 nitrogen and oxygen atoms in total. The Morgan fingerprint density at radius 3 is 2.29 bits per heavy atom. The maximum atomic E-state index is 13.9. The van der Waals surface area contributed by atoms with E-state index in [1.807, 2.05) is 117 Å². The number of nitrogens with zero attached hydrogens (tertiary/aromatic N) is 2. The summed E-state index contributed by atoms with van der Waals surface area (Å²) >= 11 is 8.51. The van der Waals surface area contributed by atoms with Gasteiger partial charge in [-0.3, -0.25) is 9.69 Å². The van der Waals surface area contributed by atoms with Gasteiger partial charge in [0.2, 0.25) is 0 Å². The van der Waals surface area contributed by atoms with Gasteiger partial charge in [0.05, 0.1) is 27.7 Å². The molecule has 1 aliphatic heterocycles. The zero-order valence-electron chi connectivity index (χ0n) is 22.6. The van der Waals surface area contributed by atoms with Gasteiger partial charge in [-0.2, -0.15) is 0 Å². The van der Waals surface area contributed by atoms with E-state index < -0.39 is 0 Å². The van der Waals surface area contributed by atoms with E-state index in [4.69, 9.17) is 14.5 Å². The van der Waals surface area contributed by atoms with Gasteiger partial charge in [0, 0.05) is 4.47 Å². The second-order valence-electron chi connectivity index (χ2n) is 9.28. The molecule has 1 fully saturated rings. The van der Waals surface area contributed by atoms with Gasteiger partial charge in [-0.25, -0.2) is 4.99 Å². The zero-order chi connectivity index (χ0) is 28.8. The molecule has 1 heterocycles. The molecule has 1 amide bonds. The van der Waals surface area contributed by atoms with E-state index in [1.54, 1.807) is 4.90 Å². The van der Waals surface area contributed by atoms with Gasteiger partial charge in [-0.15, -0.1) is 0 Å². The molecule has 0 aliphatic carbocycles. The van der Waals surface area contributed by atoms with Gasteiger partial charge >= 0.3 is 0 Å². The van der Waals surface area contributed by atoms with Gasteiger partial charge in [-0.1, -0.05) is 76.6 Å². The molecule has 1 saturated heterocycles. The lowest BCUT2D eigenvalue weighted by Crippen LogP contribution is -2.32. The lowest BCUT2D eigenvalue weighted by molar-refractivity contribution is -0.123. The Morgan fingerprint density at radius 1 is 0.927 bits per heavy atom. The molecule has 41 heavy (non-hydrogen) atoms. The quantitative estimate of drug-likeness (QED) is 0.164. The Hall–Kier alpha value is -3.33. The van der Waals surface area contributed by atoms with Crippen molar-refractivity contribution in [2.45, 2.75) is 26.5 Å². The number of ether oxygens (including phenoxy) is 2. The Balaban J connectivity index is 1.47. The number of hydrogen-bond acceptors (Lipinski definition) is 5. The second-order valence-corrected chi connectivity index (χ2v) is 12.1. The van der Waals surface area contributed by atoms with Crippen LogP contribution >= 0.6 is 43.6 Å². The molecule has 0 bridgehead atoms. The summed E-state index contributed by atoms with van der Waals surface area (Å²) in [7, 11) is 0. The van der Waals surface area contributed by atoms with Crippen LogP contribution in [0.3, 0.4) is 0 Å². The van der Waals surface area contributed by atoms with E-state index in [0.717, 1.165) is 31.3 Å². The van der Waals surface area contributed by atoms with Crippen LogP contribution in [0.25, 0.3) is 6.08 Å². The third-order valence-corrected chi connectivity index (χ3v) is 8.51. The Morgan fingerprint density at radius 2 is 1.61 bits per heavy atom. The van der Waals surface area contributed by atoms with Crippen molar-refractivity contribution in [1.82, 2.24) is 4.90 Å². The first-order valence-electron chi connectivity index (χ1n) is 13.2. The first-order valence-corrected chi connectivity index (χ1v) is 15.6. The smallest absolute Gasteiger partial charge is 0.267 e. The van der Waals surface area contributed by atoms with E-state index in [9.17, 15) is 4.79 Å². The first-order chi connectivity index (χ1) is 19.9. The topological polar surface area (TPSA) is 51.1 Å². The highest BCUT2D eigenvalue weighted by atomic mass is 79.9. The highest BCUT2D eigenvalue weighted by Crippen LogP contribution is 2.42. The van der Waals surface area contributed by atoms with Gasteiger partial charge in [0.15, 0.2) is 16.7 Å². The maximum absolute atomic E-state index is 13.9. The van der Waals surface area contributed by atoms with Crippen molar-refractivity contribution in [2.24, 2.45) is 4.99 Å². The van der Waals surface area contributed by atoms with Crippen molar-refractivity contribution in [2.75, 3.05) is 6.61 Å². The monoisotopic (exact) mass is 690 g/mol. The molecule has 0 radical (unpaired) electrons. The van der Waals surface area contributed by atoms with Crippen LogP contribution in [0.2, 0.25) is 0 Å². The van der Waals surface area contributed by atoms with E-state index in [0.29, 0.717) is 34.8 Å². The lowest BCUT2D eigenvalue weighted by atomic mass is 10.1. The number of halogens is 2. The summed E-state index contributed by atoms with van der Waals surface area (Å²) in [5.74, 6) is 1.13. The number of benzene rings is 4. The number of carbonyl (C=O) groups is 1. The molecule has 0 aromatic heterocycles. The van der Waals surface area contributed by atoms with Crippen molar-refractivity contribution in [3.05, 3.63) is 128 Å². The van der Waals surface area contributed by atoms with E-state index in [1.165, 1.54) is 11.8 Å². The van der Waals surface area contributed by atoms with Gasteiger partial charge < -0.3 is 9.47 Å². The minimum Gasteiger partial charge on any atom is -0.490 e. The highest BCUT2D eigenvalue weighted by molar-refractivity contribution is 9.10. The van der Waals surface area contributed by atoms with Crippen molar-refractivity contribution in [3.8, 4) is 11.5 Å². The number of carbonyl (C=O) groups excluding carboxylic acids is 1. The molecule has 1 atom stereocenters. The molecule has 8 heteroatoms. The zero-order valence-corrected chi connectivity index (χ0v) is 26.6. The molecule has 4 aromatic rings. The number of hydrogen-bond donors (Lipinski definition) is 0. The molecule has 0 spiro atoms. The predicted molar refractivity (Wildman–Crippen MR) is 175 cm³/mol. The molecule has 4 aromatic carbocycles. The summed E-state index contributed by atoms with van der Waals surface area (Å²) in [4.78, 5) is 21.1. The van der Waals surface area contributed by atoms with Gasteiger partial charge in [0.25, 0.3) is 5.91 Å². The number of amidine groups is 1. The van der Waals surface area contributed by atoms with Crippen LogP contribution in [0.15, 0.2) is 116 Å². The number of amides is 1. The molecule has 0 unspecified atom stereocenters. The van der Waals surface area contributed by atoms with Crippen LogP contribution in [-0.2, 0) is 11.4 Å². The minimum atomic E-state index is -0.190. The Kier molecular flexibility index (Phi) is 9.64.